The molecule has 3 saturated carbocycles. The summed E-state index contributed by atoms with van der Waals surface area (Å²) in [6.45, 7) is 3.90. The molecule has 1 N–H and O–H groups in total. The van der Waals surface area contributed by atoms with Crippen molar-refractivity contribution in [2.24, 2.45) is 34.5 Å². The quantitative estimate of drug-likeness (QED) is 0.351. The first-order valence-corrected chi connectivity index (χ1v) is 14.1. The molecule has 3 fully saturated rings. The van der Waals surface area contributed by atoms with Gasteiger partial charge < -0.3 is 5.32 Å². The number of halogens is 9. The Labute approximate surface area is 237 Å². The molecule has 0 bridgehead atoms. The van der Waals surface area contributed by atoms with Gasteiger partial charge in [0.15, 0.2) is 5.78 Å². The van der Waals surface area contributed by atoms with E-state index in [1.165, 1.54) is 5.32 Å². The molecule has 232 valence electrons. The van der Waals surface area contributed by atoms with E-state index in [4.69, 9.17) is 0 Å². The van der Waals surface area contributed by atoms with Gasteiger partial charge in [-0.3, -0.25) is 9.59 Å². The number of amides is 1. The molecule has 3 nitrogen and oxygen atoms in total. The molecule has 5 rings (SSSR count). The largest absolute Gasteiger partial charge is 0.424 e. The number of ketones is 1. The summed E-state index contributed by atoms with van der Waals surface area (Å²) in [5.41, 5.74) is -7.80. The van der Waals surface area contributed by atoms with Crippen molar-refractivity contribution in [3.05, 3.63) is 47.0 Å². The summed E-state index contributed by atoms with van der Waals surface area (Å²) in [6.07, 6.45) is -11.3. The Morgan fingerprint density at radius 3 is 1.95 bits per heavy atom. The van der Waals surface area contributed by atoms with E-state index in [9.17, 15) is 49.1 Å². The highest BCUT2D eigenvalue weighted by Crippen LogP contribution is 2.67. The van der Waals surface area contributed by atoms with Gasteiger partial charge in [-0.05, 0) is 97.3 Å². The van der Waals surface area contributed by atoms with Crippen molar-refractivity contribution in [2.45, 2.75) is 89.3 Å². The van der Waals surface area contributed by atoms with E-state index in [1.54, 1.807) is 13.0 Å². The van der Waals surface area contributed by atoms with E-state index < -0.39 is 52.4 Å². The summed E-state index contributed by atoms with van der Waals surface area (Å²) in [6, 6.07) is 0.536. The molecule has 0 spiro atoms. The lowest BCUT2D eigenvalue weighted by atomic mass is 9.47. The van der Waals surface area contributed by atoms with Crippen LogP contribution in [0.2, 0.25) is 0 Å². The monoisotopic (exact) mass is 609 g/mol. The summed E-state index contributed by atoms with van der Waals surface area (Å²) in [5.74, 6) is -2.24. The molecule has 1 amide bonds. The van der Waals surface area contributed by atoms with Crippen molar-refractivity contribution < 1.29 is 49.1 Å². The number of rotatable bonds is 3. The average molecular weight is 610 g/mol. The Kier molecular flexibility index (Phi) is 7.17. The van der Waals surface area contributed by atoms with Crippen LogP contribution in [0.3, 0.4) is 0 Å². The van der Waals surface area contributed by atoms with Gasteiger partial charge in [0.05, 0.1) is 5.56 Å². The second-order valence-electron chi connectivity index (χ2n) is 13.0. The van der Waals surface area contributed by atoms with E-state index in [1.807, 2.05) is 0 Å². The van der Waals surface area contributed by atoms with Crippen LogP contribution >= 0.6 is 0 Å². The van der Waals surface area contributed by atoms with Crippen molar-refractivity contribution in [1.29, 1.82) is 0 Å². The maximum atomic E-state index is 14.4. The van der Waals surface area contributed by atoms with Gasteiger partial charge in [0.25, 0.3) is 5.54 Å². The van der Waals surface area contributed by atoms with E-state index >= 15 is 0 Å². The van der Waals surface area contributed by atoms with Crippen LogP contribution in [0, 0.1) is 34.5 Å². The fourth-order valence-electron chi connectivity index (χ4n) is 8.87. The summed E-state index contributed by atoms with van der Waals surface area (Å²) in [4.78, 5) is 25.6. The van der Waals surface area contributed by atoms with E-state index in [0.29, 0.717) is 38.5 Å². The normalized spacial score (nSPS) is 33.8. The number of alkyl halides is 9. The zero-order valence-corrected chi connectivity index (χ0v) is 23.1. The lowest BCUT2D eigenvalue weighted by molar-refractivity contribution is -0.312. The Bertz CT molecular complexity index is 1270. The minimum atomic E-state index is -6.10. The van der Waals surface area contributed by atoms with Crippen molar-refractivity contribution in [1.82, 2.24) is 5.32 Å². The number of carbonyl (C=O) groups is 2. The summed E-state index contributed by atoms with van der Waals surface area (Å²) in [5, 5.41) is 1.30. The number of carbonyl (C=O) groups excluding carboxylic acids is 2. The predicted octanol–water partition coefficient (Wildman–Crippen LogP) is 8.29. The van der Waals surface area contributed by atoms with Crippen LogP contribution < -0.4 is 5.32 Å². The van der Waals surface area contributed by atoms with Crippen LogP contribution in [0.5, 0.6) is 0 Å². The minimum Gasteiger partial charge on any atom is -0.331 e. The molecule has 1 aromatic rings. The highest BCUT2D eigenvalue weighted by molar-refractivity contribution is 5.91. The van der Waals surface area contributed by atoms with Gasteiger partial charge in [-0.2, -0.15) is 39.5 Å². The Hall–Kier alpha value is -2.53. The van der Waals surface area contributed by atoms with Gasteiger partial charge in [-0.1, -0.05) is 31.6 Å². The van der Waals surface area contributed by atoms with Gasteiger partial charge in [-0.25, -0.2) is 0 Å². The number of benzene rings is 1. The van der Waals surface area contributed by atoms with Gasteiger partial charge in [0.1, 0.15) is 0 Å². The first kappa shape index (κ1) is 30.9. The van der Waals surface area contributed by atoms with E-state index in [-0.39, 0.29) is 59.6 Å². The molecular weight excluding hydrogens is 577 g/mol. The number of hydrogen-bond donors (Lipinski definition) is 1. The second kappa shape index (κ2) is 9.74. The number of allylic oxidation sites excluding steroid dienone is 1. The molecule has 12 heteroatoms. The smallest absolute Gasteiger partial charge is 0.331 e. The van der Waals surface area contributed by atoms with Crippen LogP contribution in [0.15, 0.2) is 35.9 Å². The van der Waals surface area contributed by atoms with Gasteiger partial charge in [0.2, 0.25) is 5.91 Å². The summed E-state index contributed by atoms with van der Waals surface area (Å²) in [7, 11) is 0. The Balaban J connectivity index is 1.46. The van der Waals surface area contributed by atoms with E-state index in [0.717, 1.165) is 12.0 Å². The molecular formula is C30H32F9NO2. The topological polar surface area (TPSA) is 46.2 Å². The number of hydrogen-bond acceptors (Lipinski definition) is 2. The third-order valence-corrected chi connectivity index (χ3v) is 11.1. The highest BCUT2D eigenvalue weighted by atomic mass is 19.4. The highest BCUT2D eigenvalue weighted by Gasteiger charge is 2.73. The van der Waals surface area contributed by atoms with Gasteiger partial charge >= 0.3 is 18.5 Å². The van der Waals surface area contributed by atoms with Crippen LogP contribution in [-0.2, 0) is 21.3 Å². The van der Waals surface area contributed by atoms with E-state index in [2.05, 4.69) is 6.92 Å². The van der Waals surface area contributed by atoms with Gasteiger partial charge in [0, 0.05) is 12.3 Å². The third-order valence-electron chi connectivity index (χ3n) is 11.1. The molecule has 0 aliphatic heterocycles. The van der Waals surface area contributed by atoms with Crippen LogP contribution in [0.4, 0.5) is 39.5 Å². The second-order valence-corrected chi connectivity index (χ2v) is 13.0. The van der Waals surface area contributed by atoms with Crippen molar-refractivity contribution >= 4 is 11.7 Å². The standard InChI is InChI=1S/C30H32F9NO2/c1-25-13-11-19(41)15-18(25)7-8-20-21-9-10-23(26(21,2)14-12-22(20)25)24(42)40-27(29(34,35)36,30(37,38)39)16-3-5-17(6-4-16)28(31,32)33/h3-6,15,20-23H,7-14H2,1-2H3,(H,40,42)/t20-,21-,22+,23?,25-,26-/m0/s1. The number of nitrogens with one attached hydrogen (secondary N) is 1. The maximum Gasteiger partial charge on any atom is 0.424 e. The van der Waals surface area contributed by atoms with Crippen LogP contribution in [0.25, 0.3) is 0 Å². The van der Waals surface area contributed by atoms with Crippen molar-refractivity contribution in [3.63, 3.8) is 0 Å². The molecule has 0 aromatic heterocycles. The molecule has 0 saturated heterocycles. The average Bonchev–Trinajstić information content (AvgIpc) is 3.23. The fraction of sp³-hybridized carbons (Fsp3) is 0.667. The zero-order valence-electron chi connectivity index (χ0n) is 23.1. The van der Waals surface area contributed by atoms with Crippen molar-refractivity contribution in [2.75, 3.05) is 0 Å². The lowest BCUT2D eigenvalue weighted by Crippen LogP contribution is -2.66. The predicted molar refractivity (Wildman–Crippen MR) is 134 cm³/mol. The molecule has 1 aromatic carbocycles. The lowest BCUT2D eigenvalue weighted by Gasteiger charge is -2.58. The SMILES string of the molecule is C[C@]12CCC(=O)C=C1CC[C@@H]1[C@H]2CC[C@]2(C)C(C(=O)NC(c3ccc(C(F)(F)F)cc3)(C(F)(F)F)C(F)(F)F)CC[C@@H]12. The third kappa shape index (κ3) is 4.57. The molecule has 6 atom stereocenters. The van der Waals surface area contributed by atoms with Crippen molar-refractivity contribution in [3.8, 4) is 0 Å². The molecule has 4 aliphatic carbocycles. The molecule has 4 aliphatic rings. The minimum absolute atomic E-state index is 0.0880. The summed E-state index contributed by atoms with van der Waals surface area (Å²) >= 11 is 0. The first-order valence-electron chi connectivity index (χ1n) is 14.1. The molecule has 0 radical (unpaired) electrons. The fourth-order valence-corrected chi connectivity index (χ4v) is 8.87. The first-order chi connectivity index (χ1) is 19.3. The zero-order chi connectivity index (χ0) is 31.1. The van der Waals surface area contributed by atoms with Crippen LogP contribution in [-0.4, -0.2) is 24.0 Å². The molecule has 0 heterocycles. The Morgan fingerprint density at radius 2 is 1.38 bits per heavy atom. The molecule has 42 heavy (non-hydrogen) atoms. The summed E-state index contributed by atoms with van der Waals surface area (Å²) < 4.78 is 126. The number of fused-ring (bicyclic) bond motifs is 5. The molecule has 1 unspecified atom stereocenters. The van der Waals surface area contributed by atoms with Crippen LogP contribution in [0.1, 0.15) is 76.3 Å². The Morgan fingerprint density at radius 1 is 0.786 bits per heavy atom. The maximum absolute atomic E-state index is 14.4. The van der Waals surface area contributed by atoms with Gasteiger partial charge in [-0.15, -0.1) is 0 Å².